The van der Waals surface area contributed by atoms with Crippen LogP contribution >= 0.6 is 11.8 Å². The van der Waals surface area contributed by atoms with Crippen molar-refractivity contribution in [3.63, 3.8) is 0 Å². The first-order chi connectivity index (χ1) is 6.72. The van der Waals surface area contributed by atoms with E-state index in [1.165, 1.54) is 22.6 Å². The highest BCUT2D eigenvalue weighted by molar-refractivity contribution is 7.99. The number of rotatable bonds is 5. The second-order valence-corrected chi connectivity index (χ2v) is 4.81. The lowest BCUT2D eigenvalue weighted by molar-refractivity contribution is 0.598. The summed E-state index contributed by atoms with van der Waals surface area (Å²) in [6.45, 7) is 4.36. The van der Waals surface area contributed by atoms with Gasteiger partial charge < -0.3 is 5.32 Å². The molecule has 1 aromatic carbocycles. The van der Waals surface area contributed by atoms with E-state index in [0.717, 1.165) is 0 Å². The van der Waals surface area contributed by atoms with E-state index in [2.05, 4.69) is 43.4 Å². The highest BCUT2D eigenvalue weighted by Gasteiger charge is 1.98. The predicted molar refractivity (Wildman–Crippen MR) is 65.0 cm³/mol. The van der Waals surface area contributed by atoms with Gasteiger partial charge in [0.2, 0.25) is 0 Å². The molecule has 0 aliphatic rings. The maximum Gasteiger partial charge on any atom is 0.00745 e. The van der Waals surface area contributed by atoms with Gasteiger partial charge in [0.25, 0.3) is 0 Å². The lowest BCUT2D eigenvalue weighted by atomic mass is 10.2. The molecule has 2 heteroatoms. The van der Waals surface area contributed by atoms with Gasteiger partial charge >= 0.3 is 0 Å². The third-order valence-corrected chi connectivity index (χ3v) is 3.33. The maximum absolute atomic E-state index is 3.25. The van der Waals surface area contributed by atoms with Gasteiger partial charge in [-0.1, -0.05) is 17.7 Å². The third-order valence-electron chi connectivity index (χ3n) is 2.30. The lowest BCUT2D eigenvalue weighted by Crippen LogP contribution is -2.21. The van der Waals surface area contributed by atoms with Gasteiger partial charge in [0, 0.05) is 10.9 Å². The molecule has 0 bridgehead atoms. The summed E-state index contributed by atoms with van der Waals surface area (Å²) in [7, 11) is 2.02. The maximum atomic E-state index is 3.25. The fourth-order valence-electron chi connectivity index (χ4n) is 1.20. The summed E-state index contributed by atoms with van der Waals surface area (Å²) in [5.74, 6) is 1.19. The molecule has 0 spiro atoms. The van der Waals surface area contributed by atoms with Crippen molar-refractivity contribution in [2.45, 2.75) is 31.2 Å². The average Bonchev–Trinajstić information content (AvgIpc) is 2.17. The summed E-state index contributed by atoms with van der Waals surface area (Å²) in [6.07, 6.45) is 1.22. The van der Waals surface area contributed by atoms with E-state index >= 15 is 0 Å². The zero-order chi connectivity index (χ0) is 10.4. The minimum absolute atomic E-state index is 0.618. The van der Waals surface area contributed by atoms with Gasteiger partial charge in [0.15, 0.2) is 0 Å². The fourth-order valence-corrected chi connectivity index (χ4v) is 2.35. The van der Waals surface area contributed by atoms with Gasteiger partial charge in [0.05, 0.1) is 0 Å². The lowest BCUT2D eigenvalue weighted by Gasteiger charge is -2.09. The molecule has 0 aliphatic heterocycles. The number of hydrogen-bond acceptors (Lipinski definition) is 2. The summed E-state index contributed by atoms with van der Waals surface area (Å²) in [5, 5.41) is 3.25. The normalized spacial score (nSPS) is 12.8. The summed E-state index contributed by atoms with van der Waals surface area (Å²) in [4.78, 5) is 1.38. The van der Waals surface area contributed by atoms with Crippen LogP contribution in [0.4, 0.5) is 0 Å². The molecule has 0 aliphatic carbocycles. The molecule has 1 N–H and O–H groups in total. The first kappa shape index (κ1) is 11.6. The van der Waals surface area contributed by atoms with Crippen LogP contribution in [0.2, 0.25) is 0 Å². The molecule has 1 nitrogen and oxygen atoms in total. The van der Waals surface area contributed by atoms with Gasteiger partial charge in [-0.25, -0.2) is 0 Å². The zero-order valence-electron chi connectivity index (χ0n) is 9.21. The number of thioether (sulfide) groups is 1. The second-order valence-electron chi connectivity index (χ2n) is 3.64. The van der Waals surface area contributed by atoms with Crippen LogP contribution in [-0.2, 0) is 0 Å². The second kappa shape index (κ2) is 6.10. The molecule has 1 aromatic rings. The van der Waals surface area contributed by atoms with E-state index in [0.29, 0.717) is 6.04 Å². The van der Waals surface area contributed by atoms with E-state index in [-0.39, 0.29) is 0 Å². The van der Waals surface area contributed by atoms with Gasteiger partial charge in [-0.15, -0.1) is 11.8 Å². The molecular weight excluding hydrogens is 190 g/mol. The third kappa shape index (κ3) is 4.16. The molecule has 78 valence electrons. The highest BCUT2D eigenvalue weighted by atomic mass is 32.2. The smallest absolute Gasteiger partial charge is 0.00745 e. The van der Waals surface area contributed by atoms with E-state index in [1.54, 1.807) is 0 Å². The molecule has 1 atom stereocenters. The molecule has 0 amide bonds. The highest BCUT2D eigenvalue weighted by Crippen LogP contribution is 2.19. The van der Waals surface area contributed by atoms with Crippen LogP contribution < -0.4 is 5.32 Å². The SMILES string of the molecule is CNC(C)CCSc1cccc(C)c1. The molecule has 14 heavy (non-hydrogen) atoms. The van der Waals surface area contributed by atoms with E-state index < -0.39 is 0 Å². The Balaban J connectivity index is 2.31. The number of nitrogens with one attached hydrogen (secondary N) is 1. The Morgan fingerprint density at radius 1 is 1.43 bits per heavy atom. The first-order valence-electron chi connectivity index (χ1n) is 5.09. The minimum Gasteiger partial charge on any atom is -0.317 e. The van der Waals surface area contributed by atoms with Crippen molar-refractivity contribution < 1.29 is 0 Å². The largest absolute Gasteiger partial charge is 0.317 e. The van der Waals surface area contributed by atoms with Crippen LogP contribution in [-0.4, -0.2) is 18.8 Å². The summed E-state index contributed by atoms with van der Waals surface area (Å²) in [6, 6.07) is 9.31. The molecule has 0 heterocycles. The Hall–Kier alpha value is -0.470. The van der Waals surface area contributed by atoms with Crippen LogP contribution in [0.1, 0.15) is 18.9 Å². The van der Waals surface area contributed by atoms with Gasteiger partial charge in [0.1, 0.15) is 0 Å². The van der Waals surface area contributed by atoms with Gasteiger partial charge in [-0.2, -0.15) is 0 Å². The Morgan fingerprint density at radius 2 is 2.21 bits per heavy atom. The van der Waals surface area contributed by atoms with Crippen molar-refractivity contribution >= 4 is 11.8 Å². The number of benzene rings is 1. The Labute approximate surface area is 91.3 Å². The summed E-state index contributed by atoms with van der Waals surface area (Å²) < 4.78 is 0. The van der Waals surface area contributed by atoms with Crippen molar-refractivity contribution in [3.05, 3.63) is 29.8 Å². The number of hydrogen-bond donors (Lipinski definition) is 1. The van der Waals surface area contributed by atoms with E-state index in [4.69, 9.17) is 0 Å². The van der Waals surface area contributed by atoms with Crippen molar-refractivity contribution in [2.75, 3.05) is 12.8 Å². The molecule has 1 unspecified atom stereocenters. The first-order valence-corrected chi connectivity index (χ1v) is 6.07. The van der Waals surface area contributed by atoms with E-state index in [1.807, 2.05) is 18.8 Å². The quantitative estimate of drug-likeness (QED) is 0.748. The molecule has 0 radical (unpaired) electrons. The van der Waals surface area contributed by atoms with Crippen molar-refractivity contribution in [1.82, 2.24) is 5.32 Å². The fraction of sp³-hybridized carbons (Fsp3) is 0.500. The number of aryl methyl sites for hydroxylation is 1. The van der Waals surface area contributed by atoms with E-state index in [9.17, 15) is 0 Å². The Kier molecular flexibility index (Phi) is 5.05. The van der Waals surface area contributed by atoms with Crippen LogP contribution in [0.15, 0.2) is 29.2 Å². The molecule has 0 fully saturated rings. The van der Waals surface area contributed by atoms with Crippen molar-refractivity contribution in [1.29, 1.82) is 0 Å². The molecule has 1 rings (SSSR count). The molecule has 0 saturated carbocycles. The van der Waals surface area contributed by atoms with Crippen LogP contribution in [0.25, 0.3) is 0 Å². The summed E-state index contributed by atoms with van der Waals surface area (Å²) in [5.41, 5.74) is 1.34. The molecular formula is C12H19NS. The van der Waals surface area contributed by atoms with Crippen molar-refractivity contribution in [2.24, 2.45) is 0 Å². The van der Waals surface area contributed by atoms with Gasteiger partial charge in [-0.3, -0.25) is 0 Å². The topological polar surface area (TPSA) is 12.0 Å². The van der Waals surface area contributed by atoms with Crippen molar-refractivity contribution in [3.8, 4) is 0 Å². The zero-order valence-corrected chi connectivity index (χ0v) is 10.0. The van der Waals surface area contributed by atoms with Crippen LogP contribution in [0.3, 0.4) is 0 Å². The monoisotopic (exact) mass is 209 g/mol. The van der Waals surface area contributed by atoms with Crippen LogP contribution in [0.5, 0.6) is 0 Å². The Morgan fingerprint density at radius 3 is 2.86 bits per heavy atom. The van der Waals surface area contributed by atoms with Gasteiger partial charge in [-0.05, 0) is 45.2 Å². The summed E-state index contributed by atoms with van der Waals surface area (Å²) >= 11 is 1.94. The van der Waals surface area contributed by atoms with Crippen LogP contribution in [0, 0.1) is 6.92 Å². The minimum atomic E-state index is 0.618. The average molecular weight is 209 g/mol. The Bertz CT molecular complexity index is 273. The predicted octanol–water partition coefficient (Wildman–Crippen LogP) is 3.09. The molecule has 0 aromatic heterocycles. The molecule has 0 saturated heterocycles. The standard InChI is InChI=1S/C12H19NS/c1-10-5-4-6-12(9-10)14-8-7-11(2)13-3/h4-6,9,11,13H,7-8H2,1-3H3.